The first-order valence-corrected chi connectivity index (χ1v) is 6.26. The Hall–Kier alpha value is -2.04. The predicted octanol–water partition coefficient (Wildman–Crippen LogP) is 1.50. The minimum absolute atomic E-state index is 0.112. The number of esters is 1. The van der Waals surface area contributed by atoms with E-state index in [0.29, 0.717) is 12.3 Å². The molecule has 0 aromatic heterocycles. The molecule has 0 radical (unpaired) electrons. The number of nitrogens with two attached hydrogens (primary N) is 1. The smallest absolute Gasteiger partial charge is 0.331 e. The fourth-order valence-electron chi connectivity index (χ4n) is 2.35. The first kappa shape index (κ1) is 13.4. The van der Waals surface area contributed by atoms with Crippen molar-refractivity contribution in [1.82, 2.24) is 0 Å². The molecule has 0 unspecified atom stereocenters. The molecule has 0 atom stereocenters. The van der Waals surface area contributed by atoms with Crippen LogP contribution >= 0.6 is 0 Å². The Morgan fingerprint density at radius 3 is 2.79 bits per heavy atom. The van der Waals surface area contributed by atoms with Crippen molar-refractivity contribution in [2.45, 2.75) is 32.7 Å². The number of amides is 1. The van der Waals surface area contributed by atoms with Crippen molar-refractivity contribution >= 4 is 23.3 Å². The van der Waals surface area contributed by atoms with E-state index in [0.717, 1.165) is 11.3 Å². The number of carbonyl (C=O) groups is 2. The average Bonchev–Trinajstić information content (AvgIpc) is 2.64. The molecule has 1 aromatic carbocycles. The molecule has 1 heterocycles. The van der Waals surface area contributed by atoms with Crippen LogP contribution in [-0.4, -0.2) is 24.0 Å². The van der Waals surface area contributed by atoms with Crippen LogP contribution in [-0.2, 0) is 20.7 Å². The Bertz CT molecular complexity index is 537. The van der Waals surface area contributed by atoms with Gasteiger partial charge in [-0.15, -0.1) is 0 Å². The van der Waals surface area contributed by atoms with Gasteiger partial charge in [0.05, 0.1) is 13.0 Å². The van der Waals surface area contributed by atoms with Gasteiger partial charge in [0, 0.05) is 11.4 Å². The summed E-state index contributed by atoms with van der Waals surface area (Å²) in [4.78, 5) is 25.7. The van der Waals surface area contributed by atoms with Gasteiger partial charge in [0.1, 0.15) is 5.54 Å². The van der Waals surface area contributed by atoms with Crippen LogP contribution in [0.4, 0.5) is 11.4 Å². The first-order valence-electron chi connectivity index (χ1n) is 6.26. The minimum atomic E-state index is -1.02. The average molecular weight is 262 g/mol. The van der Waals surface area contributed by atoms with E-state index in [9.17, 15) is 9.59 Å². The Balaban J connectivity index is 2.41. The number of hydrogen-bond donors (Lipinski definition) is 1. The molecular formula is C14H18N2O3. The number of nitrogens with zero attached hydrogens (tertiary/aromatic N) is 1. The monoisotopic (exact) mass is 262 g/mol. The molecule has 1 aromatic rings. The third kappa shape index (κ3) is 2.16. The molecule has 0 saturated heterocycles. The van der Waals surface area contributed by atoms with E-state index in [2.05, 4.69) is 0 Å². The fraction of sp³-hybridized carbons (Fsp3) is 0.429. The number of anilines is 2. The number of hydrogen-bond acceptors (Lipinski definition) is 4. The van der Waals surface area contributed by atoms with Crippen LogP contribution < -0.4 is 10.6 Å². The highest BCUT2D eigenvalue weighted by Gasteiger charge is 2.44. The van der Waals surface area contributed by atoms with E-state index in [1.54, 1.807) is 39.0 Å². The summed E-state index contributed by atoms with van der Waals surface area (Å²) in [5.41, 5.74) is 6.89. The number of rotatable bonds is 3. The fourth-order valence-corrected chi connectivity index (χ4v) is 2.35. The molecule has 0 aliphatic carbocycles. The molecule has 1 amide bonds. The summed E-state index contributed by atoms with van der Waals surface area (Å²) in [5.74, 6) is -0.522. The molecule has 0 fully saturated rings. The molecule has 1 aliphatic heterocycles. The third-order valence-electron chi connectivity index (χ3n) is 3.27. The first-order chi connectivity index (χ1) is 8.87. The number of carbonyl (C=O) groups excluding carboxylic acids is 2. The zero-order chi connectivity index (χ0) is 14.2. The Kier molecular flexibility index (Phi) is 3.22. The molecule has 2 rings (SSSR count). The topological polar surface area (TPSA) is 72.6 Å². The van der Waals surface area contributed by atoms with Gasteiger partial charge in [0.25, 0.3) is 0 Å². The van der Waals surface area contributed by atoms with E-state index < -0.39 is 11.5 Å². The Morgan fingerprint density at radius 2 is 2.16 bits per heavy atom. The van der Waals surface area contributed by atoms with E-state index in [1.807, 2.05) is 0 Å². The lowest BCUT2D eigenvalue weighted by Crippen LogP contribution is -2.52. The van der Waals surface area contributed by atoms with Gasteiger partial charge in [-0.05, 0) is 44.5 Å². The van der Waals surface area contributed by atoms with E-state index in [1.165, 1.54) is 4.90 Å². The second kappa shape index (κ2) is 4.57. The van der Waals surface area contributed by atoms with Gasteiger partial charge in [-0.2, -0.15) is 0 Å². The SMILES string of the molecule is CCOC(=O)C(C)(C)N1C(=O)Cc2cc(N)ccc21. The maximum absolute atomic E-state index is 12.2. The Morgan fingerprint density at radius 1 is 1.47 bits per heavy atom. The summed E-state index contributed by atoms with van der Waals surface area (Å²) in [5, 5.41) is 0. The molecule has 2 N–H and O–H groups in total. The highest BCUT2D eigenvalue weighted by Crippen LogP contribution is 2.36. The molecule has 1 aliphatic rings. The lowest BCUT2D eigenvalue weighted by atomic mass is 10.0. The molecule has 19 heavy (non-hydrogen) atoms. The van der Waals surface area contributed by atoms with Crippen LogP contribution in [0.25, 0.3) is 0 Å². The Labute approximate surface area is 112 Å². The molecule has 102 valence electrons. The number of ether oxygens (including phenoxy) is 1. The molecule has 0 bridgehead atoms. The lowest BCUT2D eigenvalue weighted by Gasteiger charge is -2.33. The summed E-state index contributed by atoms with van der Waals surface area (Å²) in [6.45, 7) is 5.41. The predicted molar refractivity (Wildman–Crippen MR) is 72.8 cm³/mol. The molecule has 5 nitrogen and oxygen atoms in total. The van der Waals surface area contributed by atoms with Crippen molar-refractivity contribution in [1.29, 1.82) is 0 Å². The van der Waals surface area contributed by atoms with Gasteiger partial charge in [-0.25, -0.2) is 4.79 Å². The molecule has 0 spiro atoms. The van der Waals surface area contributed by atoms with Crippen LogP contribution in [0.2, 0.25) is 0 Å². The molecule has 5 heteroatoms. The largest absolute Gasteiger partial charge is 0.464 e. The normalized spacial score (nSPS) is 14.5. The summed E-state index contributed by atoms with van der Waals surface area (Å²) < 4.78 is 5.05. The van der Waals surface area contributed by atoms with E-state index >= 15 is 0 Å². The quantitative estimate of drug-likeness (QED) is 0.662. The van der Waals surface area contributed by atoms with Crippen molar-refractivity contribution in [3.05, 3.63) is 23.8 Å². The van der Waals surface area contributed by atoms with Gasteiger partial charge in [0.15, 0.2) is 0 Å². The third-order valence-corrected chi connectivity index (χ3v) is 3.27. The van der Waals surface area contributed by atoms with Crippen LogP contribution in [0, 0.1) is 0 Å². The van der Waals surface area contributed by atoms with Crippen molar-refractivity contribution in [2.24, 2.45) is 0 Å². The number of nitrogen functional groups attached to an aromatic ring is 1. The summed E-state index contributed by atoms with van der Waals surface area (Å²) in [6.07, 6.45) is 0.267. The van der Waals surface area contributed by atoms with Gasteiger partial charge >= 0.3 is 5.97 Å². The highest BCUT2D eigenvalue weighted by atomic mass is 16.5. The van der Waals surface area contributed by atoms with Gasteiger partial charge in [0.2, 0.25) is 5.91 Å². The van der Waals surface area contributed by atoms with Crippen molar-refractivity contribution in [3.63, 3.8) is 0 Å². The van der Waals surface area contributed by atoms with Crippen molar-refractivity contribution < 1.29 is 14.3 Å². The van der Waals surface area contributed by atoms with E-state index in [-0.39, 0.29) is 12.3 Å². The summed E-state index contributed by atoms with van der Waals surface area (Å²) in [6, 6.07) is 5.27. The number of benzene rings is 1. The minimum Gasteiger partial charge on any atom is -0.464 e. The van der Waals surface area contributed by atoms with Gasteiger partial charge in [-0.1, -0.05) is 0 Å². The highest BCUT2D eigenvalue weighted by molar-refractivity contribution is 6.07. The standard InChI is InChI=1S/C14H18N2O3/c1-4-19-13(18)14(2,3)16-11-6-5-10(15)7-9(11)8-12(16)17/h5-7H,4,8,15H2,1-3H3. The zero-order valence-electron chi connectivity index (χ0n) is 11.4. The van der Waals surface area contributed by atoms with Crippen LogP contribution in [0.1, 0.15) is 26.3 Å². The van der Waals surface area contributed by atoms with Crippen LogP contribution in [0.3, 0.4) is 0 Å². The number of fused-ring (bicyclic) bond motifs is 1. The zero-order valence-corrected chi connectivity index (χ0v) is 11.4. The summed E-state index contributed by atoms with van der Waals surface area (Å²) >= 11 is 0. The molecular weight excluding hydrogens is 244 g/mol. The van der Waals surface area contributed by atoms with Crippen molar-refractivity contribution in [3.8, 4) is 0 Å². The van der Waals surface area contributed by atoms with E-state index in [4.69, 9.17) is 10.5 Å². The summed E-state index contributed by atoms with van der Waals surface area (Å²) in [7, 11) is 0. The lowest BCUT2D eigenvalue weighted by molar-refractivity contribution is -0.149. The van der Waals surface area contributed by atoms with Gasteiger partial charge in [-0.3, -0.25) is 9.69 Å². The van der Waals surface area contributed by atoms with Crippen LogP contribution in [0.15, 0.2) is 18.2 Å². The second-order valence-electron chi connectivity index (χ2n) is 5.07. The maximum atomic E-state index is 12.2. The maximum Gasteiger partial charge on any atom is 0.331 e. The second-order valence-corrected chi connectivity index (χ2v) is 5.07. The molecule has 0 saturated carbocycles. The van der Waals surface area contributed by atoms with Gasteiger partial charge < -0.3 is 10.5 Å². The van der Waals surface area contributed by atoms with Crippen molar-refractivity contribution in [2.75, 3.05) is 17.2 Å². The van der Waals surface area contributed by atoms with Crippen LogP contribution in [0.5, 0.6) is 0 Å².